The topological polar surface area (TPSA) is 71.2 Å². The zero-order valence-corrected chi connectivity index (χ0v) is 12.7. The SMILES string of the molecule is Cc1ccc(C(=O)N[C@@H]2CCCOc3ccc(F)cc32)c(=O)[nH]1. The standard InChI is InChI=1S/C17H17FN2O3/c1-10-4-6-12(16(21)19-10)17(22)20-14-3-2-8-23-15-7-5-11(18)9-13(14)15/h4-7,9,14H,2-3,8H2,1H3,(H,19,21)(H,20,22)/t14-/m1/s1. The average Bonchev–Trinajstić information content (AvgIpc) is 2.69. The van der Waals surface area contributed by atoms with E-state index in [1.165, 1.54) is 18.2 Å². The summed E-state index contributed by atoms with van der Waals surface area (Å²) < 4.78 is 19.1. The van der Waals surface area contributed by atoms with Crippen LogP contribution in [0.5, 0.6) is 5.75 Å². The minimum absolute atomic E-state index is 0.0405. The Morgan fingerprint density at radius 1 is 1.35 bits per heavy atom. The van der Waals surface area contributed by atoms with Crippen LogP contribution in [0, 0.1) is 12.7 Å². The molecule has 6 heteroatoms. The van der Waals surface area contributed by atoms with Gasteiger partial charge in [-0.25, -0.2) is 4.39 Å². The molecule has 120 valence electrons. The molecule has 0 aliphatic carbocycles. The highest BCUT2D eigenvalue weighted by Gasteiger charge is 2.23. The van der Waals surface area contributed by atoms with Crippen molar-refractivity contribution >= 4 is 5.91 Å². The van der Waals surface area contributed by atoms with E-state index in [4.69, 9.17) is 4.74 Å². The van der Waals surface area contributed by atoms with E-state index in [0.717, 1.165) is 6.42 Å². The molecule has 0 unspecified atom stereocenters. The van der Waals surface area contributed by atoms with E-state index in [9.17, 15) is 14.0 Å². The molecule has 23 heavy (non-hydrogen) atoms. The normalized spacial score (nSPS) is 16.9. The van der Waals surface area contributed by atoms with Gasteiger partial charge < -0.3 is 15.0 Å². The van der Waals surface area contributed by atoms with Crippen molar-refractivity contribution in [3.05, 3.63) is 63.3 Å². The van der Waals surface area contributed by atoms with E-state index >= 15 is 0 Å². The third-order valence-electron chi connectivity index (χ3n) is 3.85. The van der Waals surface area contributed by atoms with Gasteiger partial charge in [0.15, 0.2) is 0 Å². The first kappa shape index (κ1) is 15.3. The van der Waals surface area contributed by atoms with Crippen LogP contribution in [-0.4, -0.2) is 17.5 Å². The highest BCUT2D eigenvalue weighted by atomic mass is 19.1. The van der Waals surface area contributed by atoms with Gasteiger partial charge in [-0.15, -0.1) is 0 Å². The number of H-pyrrole nitrogens is 1. The number of aryl methyl sites for hydroxylation is 1. The average molecular weight is 316 g/mol. The van der Waals surface area contributed by atoms with E-state index < -0.39 is 17.5 Å². The number of halogens is 1. The molecule has 2 N–H and O–H groups in total. The van der Waals surface area contributed by atoms with Crippen LogP contribution in [0.1, 0.15) is 40.5 Å². The molecule has 1 aromatic carbocycles. The summed E-state index contributed by atoms with van der Waals surface area (Å²) in [4.78, 5) is 26.9. The molecule has 1 aliphatic heterocycles. The monoisotopic (exact) mass is 316 g/mol. The first-order valence-electron chi connectivity index (χ1n) is 7.47. The summed E-state index contributed by atoms with van der Waals surface area (Å²) in [6, 6.07) is 7.02. The first-order chi connectivity index (χ1) is 11.0. The molecule has 2 heterocycles. The van der Waals surface area contributed by atoms with Crippen LogP contribution in [0.2, 0.25) is 0 Å². The maximum Gasteiger partial charge on any atom is 0.260 e. The molecule has 0 radical (unpaired) electrons. The van der Waals surface area contributed by atoms with Gasteiger partial charge in [0, 0.05) is 11.3 Å². The number of benzene rings is 1. The maximum absolute atomic E-state index is 13.5. The van der Waals surface area contributed by atoms with Crippen molar-refractivity contribution in [3.63, 3.8) is 0 Å². The molecule has 1 amide bonds. The molecular formula is C17H17FN2O3. The Hall–Kier alpha value is -2.63. The van der Waals surface area contributed by atoms with Gasteiger partial charge >= 0.3 is 0 Å². The molecular weight excluding hydrogens is 299 g/mol. The lowest BCUT2D eigenvalue weighted by Crippen LogP contribution is -2.32. The Morgan fingerprint density at radius 2 is 2.17 bits per heavy atom. The van der Waals surface area contributed by atoms with Crippen LogP contribution in [0.3, 0.4) is 0 Å². The fraction of sp³-hybridized carbons (Fsp3) is 0.294. The van der Waals surface area contributed by atoms with Crippen LogP contribution in [-0.2, 0) is 0 Å². The number of nitrogens with one attached hydrogen (secondary N) is 2. The first-order valence-corrected chi connectivity index (χ1v) is 7.47. The van der Waals surface area contributed by atoms with E-state index in [2.05, 4.69) is 10.3 Å². The number of fused-ring (bicyclic) bond motifs is 1. The number of rotatable bonds is 2. The second-order valence-corrected chi connectivity index (χ2v) is 5.58. The van der Waals surface area contributed by atoms with E-state index in [1.54, 1.807) is 19.1 Å². The summed E-state index contributed by atoms with van der Waals surface area (Å²) in [5, 5.41) is 2.81. The molecule has 0 bridgehead atoms. The van der Waals surface area contributed by atoms with Gasteiger partial charge in [-0.3, -0.25) is 9.59 Å². The number of hydrogen-bond acceptors (Lipinski definition) is 3. The van der Waals surface area contributed by atoms with Crippen LogP contribution < -0.4 is 15.6 Å². The van der Waals surface area contributed by atoms with Gasteiger partial charge in [-0.05, 0) is 50.1 Å². The van der Waals surface area contributed by atoms with Crippen molar-refractivity contribution in [2.45, 2.75) is 25.8 Å². The third-order valence-corrected chi connectivity index (χ3v) is 3.85. The molecule has 2 aromatic rings. The van der Waals surface area contributed by atoms with Crippen molar-refractivity contribution in [1.82, 2.24) is 10.3 Å². The molecule has 0 saturated carbocycles. The number of carbonyl (C=O) groups excluding carboxylic acids is 1. The summed E-state index contributed by atoms with van der Waals surface area (Å²) in [6.45, 7) is 2.25. The Labute approximate surface area is 132 Å². The fourth-order valence-electron chi connectivity index (χ4n) is 2.68. The Bertz CT molecular complexity index is 801. The highest BCUT2D eigenvalue weighted by molar-refractivity contribution is 5.94. The molecule has 5 nitrogen and oxygen atoms in total. The number of ether oxygens (including phenoxy) is 1. The molecule has 1 aliphatic rings. The summed E-state index contributed by atoms with van der Waals surface area (Å²) in [5.41, 5.74) is 0.881. The van der Waals surface area contributed by atoms with E-state index in [1.807, 2.05) is 0 Å². The van der Waals surface area contributed by atoms with E-state index in [-0.39, 0.29) is 11.4 Å². The van der Waals surface area contributed by atoms with Crippen molar-refractivity contribution in [2.75, 3.05) is 6.61 Å². The largest absolute Gasteiger partial charge is 0.493 e. The number of carbonyl (C=O) groups is 1. The Kier molecular flexibility index (Phi) is 4.14. The Morgan fingerprint density at radius 3 is 2.96 bits per heavy atom. The smallest absolute Gasteiger partial charge is 0.260 e. The summed E-state index contributed by atoms with van der Waals surface area (Å²) in [5.74, 6) is -0.304. The molecule has 1 aromatic heterocycles. The van der Waals surface area contributed by atoms with Gasteiger partial charge in [0.25, 0.3) is 11.5 Å². The van der Waals surface area contributed by atoms with Crippen molar-refractivity contribution < 1.29 is 13.9 Å². The van der Waals surface area contributed by atoms with Crippen LogP contribution in [0.15, 0.2) is 35.1 Å². The number of aromatic nitrogens is 1. The zero-order chi connectivity index (χ0) is 16.4. The second-order valence-electron chi connectivity index (χ2n) is 5.58. The van der Waals surface area contributed by atoms with Gasteiger partial charge in [0.1, 0.15) is 17.1 Å². The van der Waals surface area contributed by atoms with Crippen molar-refractivity contribution in [1.29, 1.82) is 0 Å². The second kappa shape index (κ2) is 6.24. The highest BCUT2D eigenvalue weighted by Crippen LogP contribution is 2.32. The molecule has 1 atom stereocenters. The third kappa shape index (κ3) is 3.26. The Balaban J connectivity index is 1.89. The van der Waals surface area contributed by atoms with Gasteiger partial charge in [-0.2, -0.15) is 0 Å². The van der Waals surface area contributed by atoms with Crippen molar-refractivity contribution in [3.8, 4) is 5.75 Å². The quantitative estimate of drug-likeness (QED) is 0.894. The fourth-order valence-corrected chi connectivity index (χ4v) is 2.68. The number of hydrogen-bond donors (Lipinski definition) is 2. The predicted octanol–water partition coefficient (Wildman–Crippen LogP) is 2.47. The van der Waals surface area contributed by atoms with Crippen LogP contribution in [0.4, 0.5) is 4.39 Å². The lowest BCUT2D eigenvalue weighted by molar-refractivity contribution is 0.0933. The molecule has 0 saturated heterocycles. The van der Waals surface area contributed by atoms with Gasteiger partial charge in [0.05, 0.1) is 12.6 Å². The van der Waals surface area contributed by atoms with Gasteiger partial charge in [-0.1, -0.05) is 0 Å². The molecule has 3 rings (SSSR count). The molecule has 0 fully saturated rings. The van der Waals surface area contributed by atoms with Crippen molar-refractivity contribution in [2.24, 2.45) is 0 Å². The summed E-state index contributed by atoms with van der Waals surface area (Å²) in [7, 11) is 0. The number of pyridine rings is 1. The summed E-state index contributed by atoms with van der Waals surface area (Å²) >= 11 is 0. The summed E-state index contributed by atoms with van der Waals surface area (Å²) in [6.07, 6.45) is 1.34. The van der Waals surface area contributed by atoms with Crippen LogP contribution in [0.25, 0.3) is 0 Å². The lowest BCUT2D eigenvalue weighted by atomic mass is 10.0. The minimum atomic E-state index is -0.478. The van der Waals surface area contributed by atoms with Crippen LogP contribution >= 0.6 is 0 Å². The maximum atomic E-state index is 13.5. The lowest BCUT2D eigenvalue weighted by Gasteiger charge is -2.18. The number of amides is 1. The predicted molar refractivity (Wildman–Crippen MR) is 83.1 cm³/mol. The molecule has 0 spiro atoms. The zero-order valence-electron chi connectivity index (χ0n) is 12.7. The van der Waals surface area contributed by atoms with E-state index in [0.29, 0.717) is 30.0 Å². The van der Waals surface area contributed by atoms with Gasteiger partial charge in [0.2, 0.25) is 0 Å². The number of aromatic amines is 1. The minimum Gasteiger partial charge on any atom is -0.493 e.